The molecule has 4 N–H and O–H groups in total. The molecule has 0 bridgehead atoms. The molecule has 8 heteroatoms. The molecule has 44 heavy (non-hydrogen) atoms. The molecule has 1 saturated heterocycles. The van der Waals surface area contributed by atoms with Gasteiger partial charge in [-0.05, 0) is 41.5 Å². The molecule has 1 aliphatic carbocycles. The topological polar surface area (TPSA) is 117 Å². The summed E-state index contributed by atoms with van der Waals surface area (Å²) >= 11 is 0. The second-order valence-corrected chi connectivity index (χ2v) is 12.2. The van der Waals surface area contributed by atoms with Crippen LogP contribution in [0.3, 0.4) is 0 Å². The third-order valence-electron chi connectivity index (χ3n) is 9.16. The fraction of sp³-hybridized carbons (Fsp3) is 0.389. The van der Waals surface area contributed by atoms with Crippen molar-refractivity contribution in [1.82, 2.24) is 10.6 Å². The Kier molecular flexibility index (Phi) is 9.12. The summed E-state index contributed by atoms with van der Waals surface area (Å²) < 4.78 is 10.9. The van der Waals surface area contributed by atoms with E-state index in [2.05, 4.69) is 10.6 Å². The van der Waals surface area contributed by atoms with Crippen molar-refractivity contribution in [3.8, 4) is 0 Å². The van der Waals surface area contributed by atoms with E-state index in [0.717, 1.165) is 22.3 Å². The first kappa shape index (κ1) is 30.1. The van der Waals surface area contributed by atoms with Crippen molar-refractivity contribution in [2.45, 2.75) is 74.3 Å². The van der Waals surface area contributed by atoms with Crippen LogP contribution in [0.2, 0.25) is 0 Å². The van der Waals surface area contributed by atoms with E-state index in [1.165, 1.54) is 0 Å². The predicted octanol–water partition coefficient (Wildman–Crippen LogP) is 3.99. The summed E-state index contributed by atoms with van der Waals surface area (Å²) in [4.78, 5) is 27.4. The number of aryl methyl sites for hydroxylation is 1. The maximum atomic E-state index is 14.5. The monoisotopic (exact) mass is 596 g/mol. The van der Waals surface area contributed by atoms with Gasteiger partial charge < -0.3 is 30.3 Å². The lowest BCUT2D eigenvalue weighted by atomic mass is 9.76. The Labute approximate surface area is 258 Å². The normalized spacial score (nSPS) is 25.5. The van der Waals surface area contributed by atoms with Crippen LogP contribution in [-0.2, 0) is 33.5 Å². The minimum absolute atomic E-state index is 0.0530. The molecule has 3 aromatic rings. The third kappa shape index (κ3) is 6.58. The Bertz CT molecular complexity index is 1470. The molecular formula is C36H40N2O6. The highest BCUT2D eigenvalue weighted by molar-refractivity contribution is 6.06. The van der Waals surface area contributed by atoms with Crippen LogP contribution in [0.5, 0.6) is 0 Å². The number of fused-ring (bicyclic) bond motifs is 1. The van der Waals surface area contributed by atoms with E-state index in [4.69, 9.17) is 9.47 Å². The summed E-state index contributed by atoms with van der Waals surface area (Å²) in [5.74, 6) is -0.592. The summed E-state index contributed by atoms with van der Waals surface area (Å²) in [6, 6.07) is 26.8. The number of hydrogen-bond donors (Lipinski definition) is 4. The molecule has 0 unspecified atom stereocenters. The minimum atomic E-state index is -1.16. The van der Waals surface area contributed by atoms with Gasteiger partial charge in [-0.3, -0.25) is 4.79 Å². The Balaban J connectivity index is 1.25. The number of carbonyl (C=O) groups is 2. The molecule has 1 amide bonds. The molecule has 6 rings (SSSR count). The first-order valence-corrected chi connectivity index (χ1v) is 15.5. The maximum absolute atomic E-state index is 14.5. The number of hydrogen-bond acceptors (Lipinski definition) is 7. The number of ether oxygens (including phenoxy) is 2. The molecule has 6 atom stereocenters. The van der Waals surface area contributed by atoms with Gasteiger partial charge in [0.05, 0.1) is 31.5 Å². The van der Waals surface area contributed by atoms with Gasteiger partial charge in [0.25, 0.3) is 0 Å². The second-order valence-electron chi connectivity index (χ2n) is 12.2. The number of alkyl carbamates (subject to hydrolysis) is 1. The Morgan fingerprint density at radius 1 is 1.02 bits per heavy atom. The number of carbonyl (C=O) groups excluding carboxylic acids is 2. The fourth-order valence-corrected chi connectivity index (χ4v) is 6.87. The van der Waals surface area contributed by atoms with Crippen LogP contribution in [0.1, 0.15) is 47.4 Å². The van der Waals surface area contributed by atoms with E-state index in [9.17, 15) is 19.8 Å². The number of aliphatic hydroxyl groups excluding tert-OH is 2. The number of ketones is 1. The minimum Gasteiger partial charge on any atom is -0.444 e. The van der Waals surface area contributed by atoms with Crippen LogP contribution in [-0.4, -0.2) is 65.2 Å². The number of nitrogens with one attached hydrogen (secondary N) is 2. The van der Waals surface area contributed by atoms with Gasteiger partial charge in [0.1, 0.15) is 11.6 Å². The summed E-state index contributed by atoms with van der Waals surface area (Å²) in [5.41, 5.74) is 3.37. The van der Waals surface area contributed by atoms with Gasteiger partial charge in [0.2, 0.25) is 0 Å². The molecule has 1 fully saturated rings. The molecule has 3 aliphatic rings. The van der Waals surface area contributed by atoms with Gasteiger partial charge >= 0.3 is 6.09 Å². The van der Waals surface area contributed by atoms with Crippen molar-refractivity contribution < 1.29 is 29.3 Å². The van der Waals surface area contributed by atoms with Crippen molar-refractivity contribution in [2.75, 3.05) is 13.2 Å². The highest BCUT2D eigenvalue weighted by atomic mass is 16.6. The van der Waals surface area contributed by atoms with Crippen molar-refractivity contribution in [3.63, 3.8) is 0 Å². The van der Waals surface area contributed by atoms with E-state index in [-0.39, 0.29) is 18.3 Å². The average Bonchev–Trinajstić information content (AvgIpc) is 3.74. The standard InChI is InChI=1S/C36H40N2O6/c39-31-19-26-13-7-8-14-28(26)33(31)29-22-37-36(34(29)41,20-25-11-5-2-6-12-25)21-32(40)30(16-15-24-9-3-1-4-10-24)38-35(42)44-27-17-18-43-23-27/h1-14,22,27,30-33,37,39-40H,15-21,23H2,(H,38,42)/t27-,30-,31+,32-,33+,36-/m0/s1. The highest BCUT2D eigenvalue weighted by Gasteiger charge is 2.50. The number of Topliss-reactive ketones (excluding diaryl/α,β-unsaturated/α-hetero) is 1. The third-order valence-corrected chi connectivity index (χ3v) is 9.16. The Hall–Kier alpha value is -3.98. The van der Waals surface area contributed by atoms with Crippen LogP contribution >= 0.6 is 0 Å². The zero-order valence-corrected chi connectivity index (χ0v) is 24.7. The molecule has 2 aliphatic heterocycles. The van der Waals surface area contributed by atoms with Gasteiger partial charge in [-0.15, -0.1) is 0 Å². The number of amides is 1. The van der Waals surface area contributed by atoms with Crippen molar-refractivity contribution >= 4 is 11.9 Å². The molecule has 8 nitrogen and oxygen atoms in total. The van der Waals surface area contributed by atoms with Crippen LogP contribution in [0, 0.1) is 0 Å². The average molecular weight is 597 g/mol. The Morgan fingerprint density at radius 3 is 2.45 bits per heavy atom. The molecular weight excluding hydrogens is 556 g/mol. The number of benzene rings is 3. The van der Waals surface area contributed by atoms with Gasteiger partial charge in [-0.2, -0.15) is 0 Å². The van der Waals surface area contributed by atoms with Crippen LogP contribution in [0.4, 0.5) is 4.79 Å². The first-order chi connectivity index (χ1) is 21.4. The van der Waals surface area contributed by atoms with Gasteiger partial charge in [0, 0.05) is 37.0 Å². The quantitative estimate of drug-likeness (QED) is 0.265. The molecule has 3 aromatic carbocycles. The first-order valence-electron chi connectivity index (χ1n) is 15.5. The molecule has 0 spiro atoms. The van der Waals surface area contributed by atoms with E-state index in [1.54, 1.807) is 6.20 Å². The summed E-state index contributed by atoms with van der Waals surface area (Å²) in [7, 11) is 0. The second kappa shape index (κ2) is 13.3. The Morgan fingerprint density at radius 2 is 1.73 bits per heavy atom. The molecule has 0 aromatic heterocycles. The summed E-state index contributed by atoms with van der Waals surface area (Å²) in [6.45, 7) is 0.900. The molecule has 230 valence electrons. The van der Waals surface area contributed by atoms with Crippen LogP contribution < -0.4 is 10.6 Å². The van der Waals surface area contributed by atoms with Gasteiger partial charge in [0.15, 0.2) is 5.78 Å². The SMILES string of the molecule is O=C(N[C@@H](CCc1ccccc1)[C@@H](O)C[C@]1(Cc2ccccc2)NC=C([C@H]2c3ccccc3C[C@H]2O)C1=O)O[C@H]1CCOC1. The molecule has 0 saturated carbocycles. The van der Waals surface area contributed by atoms with E-state index in [0.29, 0.717) is 50.9 Å². The highest BCUT2D eigenvalue weighted by Crippen LogP contribution is 2.43. The molecule has 0 radical (unpaired) electrons. The van der Waals surface area contributed by atoms with E-state index >= 15 is 0 Å². The van der Waals surface area contributed by atoms with Crippen LogP contribution in [0.25, 0.3) is 0 Å². The number of rotatable bonds is 11. The zero-order chi connectivity index (χ0) is 30.5. The van der Waals surface area contributed by atoms with Crippen molar-refractivity contribution in [2.24, 2.45) is 0 Å². The van der Waals surface area contributed by atoms with Crippen molar-refractivity contribution in [1.29, 1.82) is 0 Å². The number of aliphatic hydroxyl groups is 2. The lowest BCUT2D eigenvalue weighted by Crippen LogP contribution is -2.55. The smallest absolute Gasteiger partial charge is 0.407 e. The van der Waals surface area contributed by atoms with Crippen molar-refractivity contribution in [3.05, 3.63) is 119 Å². The lowest BCUT2D eigenvalue weighted by Gasteiger charge is -2.35. The maximum Gasteiger partial charge on any atom is 0.407 e. The van der Waals surface area contributed by atoms with Crippen LogP contribution in [0.15, 0.2) is 96.7 Å². The zero-order valence-electron chi connectivity index (χ0n) is 24.7. The molecule has 2 heterocycles. The fourth-order valence-electron chi connectivity index (χ4n) is 6.87. The van der Waals surface area contributed by atoms with E-state index < -0.39 is 35.8 Å². The lowest BCUT2D eigenvalue weighted by molar-refractivity contribution is -0.122. The van der Waals surface area contributed by atoms with Gasteiger partial charge in [-0.1, -0.05) is 84.9 Å². The predicted molar refractivity (Wildman–Crippen MR) is 166 cm³/mol. The van der Waals surface area contributed by atoms with Gasteiger partial charge in [-0.25, -0.2) is 4.79 Å². The summed E-state index contributed by atoms with van der Waals surface area (Å²) in [6.07, 6.45) is 1.60. The van der Waals surface area contributed by atoms with E-state index in [1.807, 2.05) is 84.9 Å². The largest absolute Gasteiger partial charge is 0.444 e. The summed E-state index contributed by atoms with van der Waals surface area (Å²) in [5, 5.41) is 29.2.